The van der Waals surface area contributed by atoms with Crippen molar-refractivity contribution in [3.8, 4) is 5.75 Å². The molecule has 6 heteroatoms. The number of rotatable bonds is 8. The lowest BCUT2D eigenvalue weighted by Crippen LogP contribution is -2.38. The lowest BCUT2D eigenvalue weighted by atomic mass is 10.1. The van der Waals surface area contributed by atoms with Crippen molar-refractivity contribution in [1.82, 2.24) is 4.90 Å². The number of methoxy groups -OCH3 is 2. The van der Waals surface area contributed by atoms with Crippen molar-refractivity contribution in [3.63, 3.8) is 0 Å². The van der Waals surface area contributed by atoms with Gasteiger partial charge in [-0.2, -0.15) is 0 Å². The highest BCUT2D eigenvalue weighted by molar-refractivity contribution is 5.83. The van der Waals surface area contributed by atoms with Crippen LogP contribution in [0, 0.1) is 6.92 Å². The van der Waals surface area contributed by atoms with E-state index in [1.165, 1.54) is 12.0 Å². The third kappa shape index (κ3) is 5.43. The molecular weight excluding hydrogens is 274 g/mol. The van der Waals surface area contributed by atoms with Crippen LogP contribution >= 0.6 is 0 Å². The van der Waals surface area contributed by atoms with Crippen LogP contribution in [0.1, 0.15) is 11.1 Å². The average Bonchev–Trinajstić information content (AvgIpc) is 2.44. The van der Waals surface area contributed by atoms with E-state index in [-0.39, 0.29) is 25.4 Å². The first-order valence-electron chi connectivity index (χ1n) is 6.60. The van der Waals surface area contributed by atoms with E-state index in [0.717, 1.165) is 11.1 Å². The summed E-state index contributed by atoms with van der Waals surface area (Å²) in [5, 5.41) is 8.86. The van der Waals surface area contributed by atoms with Gasteiger partial charge in [-0.1, -0.05) is 12.1 Å². The Hall–Kier alpha value is -2.08. The first-order valence-corrected chi connectivity index (χ1v) is 6.60. The molecule has 1 N–H and O–H groups in total. The van der Waals surface area contributed by atoms with Crippen molar-refractivity contribution in [2.75, 3.05) is 33.9 Å². The Morgan fingerprint density at radius 3 is 2.57 bits per heavy atom. The molecule has 0 atom stereocenters. The molecule has 0 bridgehead atoms. The second-order valence-corrected chi connectivity index (χ2v) is 4.68. The van der Waals surface area contributed by atoms with E-state index < -0.39 is 5.97 Å². The minimum atomic E-state index is -1.04. The van der Waals surface area contributed by atoms with Gasteiger partial charge in [0.25, 0.3) is 0 Å². The molecule has 0 aliphatic heterocycles. The number of carbonyl (C=O) groups excluding carboxylic acids is 1. The van der Waals surface area contributed by atoms with Crippen molar-refractivity contribution in [2.24, 2.45) is 0 Å². The minimum Gasteiger partial charge on any atom is -0.496 e. The summed E-state index contributed by atoms with van der Waals surface area (Å²) < 4.78 is 10.1. The normalized spacial score (nSPS) is 10.2. The van der Waals surface area contributed by atoms with Gasteiger partial charge in [-0.05, 0) is 24.1 Å². The number of aliphatic carboxylic acids is 1. The minimum absolute atomic E-state index is 0.133. The maximum absolute atomic E-state index is 12.2. The molecule has 0 radical (unpaired) electrons. The predicted octanol–water partition coefficient (Wildman–Crippen LogP) is 1.11. The number of aryl methyl sites for hydroxylation is 1. The lowest BCUT2D eigenvalue weighted by Gasteiger charge is -2.20. The smallest absolute Gasteiger partial charge is 0.323 e. The molecular formula is C15H21NO5. The maximum atomic E-state index is 12.2. The van der Waals surface area contributed by atoms with E-state index in [4.69, 9.17) is 14.6 Å². The molecule has 0 fully saturated rings. The summed E-state index contributed by atoms with van der Waals surface area (Å²) in [6, 6.07) is 5.51. The standard InChI is InChI=1S/C15H21NO5/c1-11-4-5-12(8-13(11)21-3)9-14(17)16(6-7-20-2)10-15(18)19/h4-5,8H,6-7,9-10H2,1-3H3,(H,18,19). The number of carbonyl (C=O) groups is 2. The van der Waals surface area contributed by atoms with Crippen LogP contribution in [-0.2, 0) is 20.7 Å². The monoisotopic (exact) mass is 295 g/mol. The Morgan fingerprint density at radius 1 is 1.29 bits per heavy atom. The van der Waals surface area contributed by atoms with Crippen LogP contribution in [0.25, 0.3) is 0 Å². The van der Waals surface area contributed by atoms with E-state index in [1.807, 2.05) is 19.1 Å². The number of hydrogen-bond acceptors (Lipinski definition) is 4. The van der Waals surface area contributed by atoms with Crippen LogP contribution in [0.5, 0.6) is 5.75 Å². The molecule has 0 aromatic heterocycles. The third-order valence-corrected chi connectivity index (χ3v) is 3.07. The summed E-state index contributed by atoms with van der Waals surface area (Å²) in [5.74, 6) is -0.580. The largest absolute Gasteiger partial charge is 0.496 e. The summed E-state index contributed by atoms with van der Waals surface area (Å²) >= 11 is 0. The van der Waals surface area contributed by atoms with Crippen molar-refractivity contribution < 1.29 is 24.2 Å². The molecule has 1 aromatic rings. The fourth-order valence-electron chi connectivity index (χ4n) is 1.92. The second-order valence-electron chi connectivity index (χ2n) is 4.68. The third-order valence-electron chi connectivity index (χ3n) is 3.07. The zero-order chi connectivity index (χ0) is 15.8. The number of amides is 1. The van der Waals surface area contributed by atoms with Crippen molar-refractivity contribution in [2.45, 2.75) is 13.3 Å². The van der Waals surface area contributed by atoms with Crippen molar-refractivity contribution >= 4 is 11.9 Å². The Labute approximate surface area is 124 Å². The first kappa shape index (κ1) is 17.0. The molecule has 1 aromatic carbocycles. The van der Waals surface area contributed by atoms with Crippen LogP contribution in [0.2, 0.25) is 0 Å². The number of carboxylic acids is 1. The van der Waals surface area contributed by atoms with Gasteiger partial charge in [-0.3, -0.25) is 9.59 Å². The van der Waals surface area contributed by atoms with Crippen LogP contribution < -0.4 is 4.74 Å². The summed E-state index contributed by atoms with van der Waals surface area (Å²) in [5.41, 5.74) is 1.77. The van der Waals surface area contributed by atoms with Gasteiger partial charge in [-0.25, -0.2) is 0 Å². The van der Waals surface area contributed by atoms with Gasteiger partial charge in [0.2, 0.25) is 5.91 Å². The Balaban J connectivity index is 2.77. The van der Waals surface area contributed by atoms with Gasteiger partial charge in [-0.15, -0.1) is 0 Å². The molecule has 0 saturated heterocycles. The van der Waals surface area contributed by atoms with Gasteiger partial charge in [0.1, 0.15) is 12.3 Å². The van der Waals surface area contributed by atoms with E-state index in [2.05, 4.69) is 0 Å². The SMILES string of the molecule is COCCN(CC(=O)O)C(=O)Cc1ccc(C)c(OC)c1. The molecule has 1 amide bonds. The molecule has 0 aliphatic rings. The highest BCUT2D eigenvalue weighted by atomic mass is 16.5. The number of carboxylic acid groups (broad SMARTS) is 1. The van der Waals surface area contributed by atoms with E-state index >= 15 is 0 Å². The number of ether oxygens (including phenoxy) is 2. The fourth-order valence-corrected chi connectivity index (χ4v) is 1.92. The number of benzene rings is 1. The van der Waals surface area contributed by atoms with Gasteiger partial charge in [0, 0.05) is 13.7 Å². The molecule has 6 nitrogen and oxygen atoms in total. The molecule has 0 aliphatic carbocycles. The predicted molar refractivity (Wildman–Crippen MR) is 77.5 cm³/mol. The first-order chi connectivity index (χ1) is 9.97. The van der Waals surface area contributed by atoms with Crippen LogP contribution in [0.15, 0.2) is 18.2 Å². The highest BCUT2D eigenvalue weighted by Gasteiger charge is 2.17. The molecule has 116 valence electrons. The summed E-state index contributed by atoms with van der Waals surface area (Å²) in [6.07, 6.45) is 0.133. The van der Waals surface area contributed by atoms with Crippen molar-refractivity contribution in [1.29, 1.82) is 0 Å². The van der Waals surface area contributed by atoms with Gasteiger partial charge >= 0.3 is 5.97 Å². The quantitative estimate of drug-likeness (QED) is 0.777. The van der Waals surface area contributed by atoms with E-state index in [0.29, 0.717) is 12.4 Å². The van der Waals surface area contributed by atoms with Gasteiger partial charge < -0.3 is 19.5 Å². The molecule has 21 heavy (non-hydrogen) atoms. The van der Waals surface area contributed by atoms with Crippen LogP contribution in [0.4, 0.5) is 0 Å². The summed E-state index contributed by atoms with van der Waals surface area (Å²) in [6.45, 7) is 2.14. The number of hydrogen-bond donors (Lipinski definition) is 1. The Bertz CT molecular complexity index is 501. The zero-order valence-electron chi connectivity index (χ0n) is 12.6. The topological polar surface area (TPSA) is 76.1 Å². The average molecular weight is 295 g/mol. The maximum Gasteiger partial charge on any atom is 0.323 e. The Morgan fingerprint density at radius 2 is 2.00 bits per heavy atom. The van der Waals surface area contributed by atoms with E-state index in [9.17, 15) is 9.59 Å². The van der Waals surface area contributed by atoms with Gasteiger partial charge in [0.05, 0.1) is 20.1 Å². The molecule has 0 spiro atoms. The summed E-state index contributed by atoms with van der Waals surface area (Å²) in [4.78, 5) is 24.3. The summed E-state index contributed by atoms with van der Waals surface area (Å²) in [7, 11) is 3.08. The lowest BCUT2D eigenvalue weighted by molar-refractivity contribution is -0.144. The molecule has 0 saturated carbocycles. The van der Waals surface area contributed by atoms with Crippen LogP contribution in [0.3, 0.4) is 0 Å². The fraction of sp³-hybridized carbons (Fsp3) is 0.467. The van der Waals surface area contributed by atoms with E-state index in [1.54, 1.807) is 13.2 Å². The second kappa shape index (κ2) is 8.26. The highest BCUT2D eigenvalue weighted by Crippen LogP contribution is 2.19. The molecule has 0 heterocycles. The molecule has 1 rings (SSSR count). The number of nitrogens with zero attached hydrogens (tertiary/aromatic N) is 1. The Kier molecular flexibility index (Phi) is 6.68. The van der Waals surface area contributed by atoms with Crippen LogP contribution in [-0.4, -0.2) is 55.8 Å². The van der Waals surface area contributed by atoms with Gasteiger partial charge in [0.15, 0.2) is 0 Å². The zero-order valence-corrected chi connectivity index (χ0v) is 12.6. The molecule has 0 unspecified atom stereocenters. The van der Waals surface area contributed by atoms with Crippen molar-refractivity contribution in [3.05, 3.63) is 29.3 Å².